The van der Waals surface area contributed by atoms with Crippen LogP contribution >= 0.6 is 0 Å². The van der Waals surface area contributed by atoms with E-state index in [0.717, 1.165) is 45.3 Å². The molecule has 7 nitrogen and oxygen atoms in total. The highest BCUT2D eigenvalue weighted by atomic mass is 16.1. The molecule has 0 bridgehead atoms. The predicted octanol–water partition coefficient (Wildman–Crippen LogP) is 2.45. The maximum absolute atomic E-state index is 11.4. The normalized spacial score (nSPS) is 10.6. The quantitative estimate of drug-likeness (QED) is 0.430. The van der Waals surface area contributed by atoms with Gasteiger partial charge >= 0.3 is 0 Å². The lowest BCUT2D eigenvalue weighted by Crippen LogP contribution is -2.32. The van der Waals surface area contributed by atoms with Gasteiger partial charge in [-0.15, -0.1) is 0 Å². The monoisotopic (exact) mass is 384 g/mol. The van der Waals surface area contributed by atoms with Crippen LogP contribution in [0.4, 0.5) is 17.5 Å². The molecule has 0 atom stereocenters. The van der Waals surface area contributed by atoms with Crippen LogP contribution in [0.1, 0.15) is 29.3 Å². The molecule has 0 spiro atoms. The van der Waals surface area contributed by atoms with Gasteiger partial charge in [-0.3, -0.25) is 4.79 Å². The highest BCUT2D eigenvalue weighted by Gasteiger charge is 2.12. The molecule has 7 heteroatoms. The molecule has 2 rings (SSSR count). The summed E-state index contributed by atoms with van der Waals surface area (Å²) in [7, 11) is 6.02. The minimum Gasteiger partial charge on any atom is -0.373 e. The van der Waals surface area contributed by atoms with Gasteiger partial charge in [-0.25, -0.2) is 4.98 Å². The zero-order chi connectivity index (χ0) is 20.4. The number of nitrogens with zero attached hydrogens (tertiary/aromatic N) is 4. The van der Waals surface area contributed by atoms with Crippen LogP contribution in [0.5, 0.6) is 0 Å². The summed E-state index contributed by atoms with van der Waals surface area (Å²) >= 11 is 0. The number of hydrogen-bond donors (Lipinski definition) is 2. The fraction of sp³-hybridized carbons (Fsp3) is 0.476. The Labute approximate surface area is 168 Å². The van der Waals surface area contributed by atoms with E-state index in [9.17, 15) is 4.79 Å². The summed E-state index contributed by atoms with van der Waals surface area (Å²) < 4.78 is 0. The molecular weight excluding hydrogens is 352 g/mol. The van der Waals surface area contributed by atoms with Crippen molar-refractivity contribution in [3.63, 3.8) is 0 Å². The van der Waals surface area contributed by atoms with E-state index < -0.39 is 0 Å². The number of hydrogen-bond acceptors (Lipinski definition) is 7. The number of likely N-dealkylation sites (N-methyl/N-ethyl adjacent to an activating group) is 2. The zero-order valence-electron chi connectivity index (χ0n) is 17.4. The Balaban J connectivity index is 2.00. The summed E-state index contributed by atoms with van der Waals surface area (Å²) in [4.78, 5) is 24.2. The average Bonchev–Trinajstić information content (AvgIpc) is 2.72. The van der Waals surface area contributed by atoms with E-state index in [4.69, 9.17) is 0 Å². The van der Waals surface area contributed by atoms with Gasteiger partial charge in [0.05, 0.1) is 5.56 Å². The van der Waals surface area contributed by atoms with Crippen molar-refractivity contribution in [2.24, 2.45) is 0 Å². The number of anilines is 3. The highest BCUT2D eigenvalue weighted by molar-refractivity contribution is 5.82. The summed E-state index contributed by atoms with van der Waals surface area (Å²) in [5.41, 5.74) is 3.04. The van der Waals surface area contributed by atoms with Gasteiger partial charge in [-0.05, 0) is 51.1 Å². The van der Waals surface area contributed by atoms with Gasteiger partial charge in [0.25, 0.3) is 0 Å². The molecule has 1 heterocycles. The van der Waals surface area contributed by atoms with Crippen LogP contribution in [0.3, 0.4) is 0 Å². The van der Waals surface area contributed by atoms with Gasteiger partial charge in [0.15, 0.2) is 6.29 Å². The number of nitrogens with one attached hydrogen (secondary N) is 2. The number of rotatable bonds is 12. The van der Waals surface area contributed by atoms with Crippen LogP contribution in [-0.2, 0) is 6.42 Å². The Bertz CT molecular complexity index is 751. The molecule has 0 aliphatic carbocycles. The van der Waals surface area contributed by atoms with Gasteiger partial charge in [0.2, 0.25) is 5.95 Å². The third-order valence-corrected chi connectivity index (χ3v) is 4.63. The van der Waals surface area contributed by atoms with Crippen molar-refractivity contribution in [3.05, 3.63) is 41.6 Å². The molecule has 0 radical (unpaired) electrons. The Morgan fingerprint density at radius 3 is 2.68 bits per heavy atom. The number of aldehydes is 1. The van der Waals surface area contributed by atoms with Gasteiger partial charge in [0, 0.05) is 45.6 Å². The average molecular weight is 385 g/mol. The minimum atomic E-state index is 0.498. The molecule has 2 N–H and O–H groups in total. The van der Waals surface area contributed by atoms with Crippen molar-refractivity contribution in [1.29, 1.82) is 0 Å². The lowest BCUT2D eigenvalue weighted by molar-refractivity contribution is 0.112. The maximum atomic E-state index is 11.4. The minimum absolute atomic E-state index is 0.498. The first-order chi connectivity index (χ1) is 13.6. The van der Waals surface area contributed by atoms with Crippen molar-refractivity contribution in [2.45, 2.75) is 19.8 Å². The van der Waals surface area contributed by atoms with Gasteiger partial charge in [-0.2, -0.15) is 4.98 Å². The van der Waals surface area contributed by atoms with Gasteiger partial charge in [-0.1, -0.05) is 12.1 Å². The molecular formula is C21H32N6O. The summed E-state index contributed by atoms with van der Waals surface area (Å²) in [6.07, 6.45) is 4.57. The van der Waals surface area contributed by atoms with Crippen LogP contribution in [-0.4, -0.2) is 63.6 Å². The number of carbonyl (C=O) groups is 1. The lowest BCUT2D eigenvalue weighted by Gasteiger charge is -2.25. The molecule has 0 saturated carbocycles. The SMILES string of the molecule is CCNc1ncc(C=O)c(N(C)CCN(C)c2cccc(CCCNC)c2)n1. The van der Waals surface area contributed by atoms with Crippen molar-refractivity contribution in [1.82, 2.24) is 15.3 Å². The standard InChI is InChI=1S/C21H32N6O/c1-5-23-21-24-15-18(16-28)20(25-21)27(4)13-12-26(3)19-10-6-8-17(14-19)9-7-11-22-2/h6,8,10,14-16,22H,5,7,9,11-13H2,1-4H3,(H,23,24,25). The molecule has 28 heavy (non-hydrogen) atoms. The zero-order valence-corrected chi connectivity index (χ0v) is 17.4. The van der Waals surface area contributed by atoms with E-state index in [-0.39, 0.29) is 0 Å². The Kier molecular flexibility index (Phi) is 8.68. The highest BCUT2D eigenvalue weighted by Crippen LogP contribution is 2.18. The van der Waals surface area contributed by atoms with Crippen molar-refractivity contribution >= 4 is 23.7 Å². The fourth-order valence-corrected chi connectivity index (χ4v) is 2.97. The third-order valence-electron chi connectivity index (χ3n) is 4.63. The van der Waals surface area contributed by atoms with E-state index in [2.05, 4.69) is 56.8 Å². The second kappa shape index (κ2) is 11.2. The van der Waals surface area contributed by atoms with Crippen LogP contribution in [0.2, 0.25) is 0 Å². The molecule has 2 aromatic rings. The Morgan fingerprint density at radius 1 is 1.18 bits per heavy atom. The summed E-state index contributed by atoms with van der Waals surface area (Å²) in [5, 5.41) is 6.28. The molecule has 1 aromatic carbocycles. The topological polar surface area (TPSA) is 73.4 Å². The van der Waals surface area contributed by atoms with Crippen LogP contribution in [0, 0.1) is 0 Å². The van der Waals surface area contributed by atoms with E-state index >= 15 is 0 Å². The summed E-state index contributed by atoms with van der Waals surface area (Å²) in [5.74, 6) is 1.19. The van der Waals surface area contributed by atoms with Gasteiger partial charge < -0.3 is 20.4 Å². The molecule has 0 unspecified atom stereocenters. The smallest absolute Gasteiger partial charge is 0.224 e. The largest absolute Gasteiger partial charge is 0.373 e. The second-order valence-corrected chi connectivity index (χ2v) is 6.84. The van der Waals surface area contributed by atoms with Crippen molar-refractivity contribution in [3.8, 4) is 0 Å². The number of benzene rings is 1. The molecule has 0 amide bonds. The maximum Gasteiger partial charge on any atom is 0.224 e. The molecule has 0 aliphatic heterocycles. The van der Waals surface area contributed by atoms with E-state index in [1.54, 1.807) is 6.20 Å². The number of carbonyl (C=O) groups excluding carboxylic acids is 1. The lowest BCUT2D eigenvalue weighted by atomic mass is 10.1. The molecule has 152 valence electrons. The first-order valence-corrected chi connectivity index (χ1v) is 9.81. The molecule has 0 fully saturated rings. The van der Waals surface area contributed by atoms with Crippen molar-refractivity contribution < 1.29 is 4.79 Å². The van der Waals surface area contributed by atoms with Crippen LogP contribution in [0.25, 0.3) is 0 Å². The molecule has 0 saturated heterocycles. The summed E-state index contributed by atoms with van der Waals surface area (Å²) in [6.45, 7) is 5.30. The second-order valence-electron chi connectivity index (χ2n) is 6.84. The molecule has 1 aromatic heterocycles. The predicted molar refractivity (Wildman–Crippen MR) is 117 cm³/mol. The summed E-state index contributed by atoms with van der Waals surface area (Å²) in [6, 6.07) is 8.67. The van der Waals surface area contributed by atoms with Gasteiger partial charge in [0.1, 0.15) is 5.82 Å². The van der Waals surface area contributed by atoms with Crippen LogP contribution < -0.4 is 20.4 Å². The Morgan fingerprint density at radius 2 is 1.96 bits per heavy atom. The number of aryl methyl sites for hydroxylation is 1. The first-order valence-electron chi connectivity index (χ1n) is 9.81. The van der Waals surface area contributed by atoms with E-state index in [1.165, 1.54) is 11.3 Å². The van der Waals surface area contributed by atoms with E-state index in [0.29, 0.717) is 17.3 Å². The first kappa shape index (κ1) is 21.6. The van der Waals surface area contributed by atoms with Crippen molar-refractivity contribution in [2.75, 3.05) is 62.4 Å². The fourth-order valence-electron chi connectivity index (χ4n) is 2.97. The van der Waals surface area contributed by atoms with E-state index in [1.807, 2.05) is 25.9 Å². The Hall–Kier alpha value is -2.67. The molecule has 0 aliphatic rings. The van der Waals surface area contributed by atoms with Crippen LogP contribution in [0.15, 0.2) is 30.5 Å². The number of aromatic nitrogens is 2. The third kappa shape index (κ3) is 6.20.